The third-order valence-corrected chi connectivity index (χ3v) is 5.13. The molecule has 0 bridgehead atoms. The third kappa shape index (κ3) is 2.90. The molecule has 1 aliphatic rings. The van der Waals surface area contributed by atoms with Gasteiger partial charge in [-0.05, 0) is 54.2 Å². The number of hydrogen-bond donors (Lipinski definition) is 0. The summed E-state index contributed by atoms with van der Waals surface area (Å²) in [5, 5.41) is 0. The van der Waals surface area contributed by atoms with Crippen LogP contribution < -0.4 is 0 Å². The van der Waals surface area contributed by atoms with Gasteiger partial charge in [0, 0.05) is 6.20 Å². The summed E-state index contributed by atoms with van der Waals surface area (Å²) in [5.41, 5.74) is 10.2. The van der Waals surface area contributed by atoms with Crippen molar-refractivity contribution in [3.05, 3.63) is 112 Å². The molecule has 0 aliphatic carbocycles. The Kier molecular flexibility index (Phi) is 4.30. The van der Waals surface area contributed by atoms with Gasteiger partial charge in [-0.2, -0.15) is 0 Å². The SMILES string of the molecule is Cc1cc(C)c(C2C(c3ccccc3)=CN=C2c2ccccc2)c(C)c1. The first-order valence-corrected chi connectivity index (χ1v) is 9.11. The second kappa shape index (κ2) is 6.76. The van der Waals surface area contributed by atoms with Crippen LogP contribution in [0.4, 0.5) is 0 Å². The fourth-order valence-corrected chi connectivity index (χ4v) is 4.10. The van der Waals surface area contributed by atoms with E-state index in [4.69, 9.17) is 4.99 Å². The van der Waals surface area contributed by atoms with E-state index in [2.05, 4.69) is 99.8 Å². The maximum atomic E-state index is 4.88. The fourth-order valence-electron chi connectivity index (χ4n) is 4.10. The Bertz CT molecular complexity index is 916. The van der Waals surface area contributed by atoms with Gasteiger partial charge < -0.3 is 0 Å². The van der Waals surface area contributed by atoms with E-state index in [1.807, 2.05) is 0 Å². The molecule has 0 spiro atoms. The van der Waals surface area contributed by atoms with Crippen molar-refractivity contribution in [1.29, 1.82) is 0 Å². The molecule has 128 valence electrons. The highest BCUT2D eigenvalue weighted by atomic mass is 14.8. The topological polar surface area (TPSA) is 12.4 Å². The molecule has 1 nitrogen and oxygen atoms in total. The van der Waals surface area contributed by atoms with E-state index in [9.17, 15) is 0 Å². The van der Waals surface area contributed by atoms with E-state index in [-0.39, 0.29) is 5.92 Å². The van der Waals surface area contributed by atoms with Crippen LogP contribution >= 0.6 is 0 Å². The second-order valence-electron chi connectivity index (χ2n) is 7.08. The largest absolute Gasteiger partial charge is 0.259 e. The number of hydrogen-bond acceptors (Lipinski definition) is 1. The molecule has 0 aromatic heterocycles. The first kappa shape index (κ1) is 16.5. The minimum atomic E-state index is 0.167. The van der Waals surface area contributed by atoms with Gasteiger partial charge in [-0.15, -0.1) is 0 Å². The molecule has 1 aliphatic heterocycles. The summed E-state index contributed by atoms with van der Waals surface area (Å²) < 4.78 is 0. The lowest BCUT2D eigenvalue weighted by Crippen LogP contribution is -2.15. The monoisotopic (exact) mass is 337 g/mol. The molecule has 0 radical (unpaired) electrons. The van der Waals surface area contributed by atoms with Crippen molar-refractivity contribution < 1.29 is 0 Å². The van der Waals surface area contributed by atoms with Crippen LogP contribution in [0, 0.1) is 20.8 Å². The average Bonchev–Trinajstić information content (AvgIpc) is 3.07. The quantitative estimate of drug-likeness (QED) is 0.536. The predicted octanol–water partition coefficient (Wildman–Crippen LogP) is 6.24. The van der Waals surface area contributed by atoms with E-state index >= 15 is 0 Å². The standard InChI is InChI=1S/C25H23N/c1-17-14-18(2)23(19(3)15-17)24-22(20-10-6-4-7-11-20)16-26-25(24)21-12-8-5-9-13-21/h4-16,24H,1-3H3. The van der Waals surface area contributed by atoms with Gasteiger partial charge in [0.25, 0.3) is 0 Å². The average molecular weight is 337 g/mol. The lowest BCUT2D eigenvalue weighted by atomic mass is 9.79. The molecule has 4 rings (SSSR count). The van der Waals surface area contributed by atoms with E-state index in [1.54, 1.807) is 0 Å². The molecule has 1 heteroatoms. The number of nitrogens with zero attached hydrogens (tertiary/aromatic N) is 1. The zero-order chi connectivity index (χ0) is 18.1. The van der Waals surface area contributed by atoms with Gasteiger partial charge >= 0.3 is 0 Å². The van der Waals surface area contributed by atoms with E-state index in [0.717, 1.165) is 5.71 Å². The Morgan fingerprint density at radius 2 is 1.23 bits per heavy atom. The number of rotatable bonds is 3. The number of aryl methyl sites for hydroxylation is 3. The molecular formula is C25H23N. The smallest absolute Gasteiger partial charge is 0.0595 e. The van der Waals surface area contributed by atoms with Gasteiger partial charge in [0.1, 0.15) is 0 Å². The second-order valence-corrected chi connectivity index (χ2v) is 7.08. The zero-order valence-electron chi connectivity index (χ0n) is 15.5. The first-order chi connectivity index (χ1) is 12.6. The maximum absolute atomic E-state index is 4.88. The van der Waals surface area contributed by atoms with Crippen LogP contribution in [0.2, 0.25) is 0 Å². The van der Waals surface area contributed by atoms with Gasteiger partial charge in [0.15, 0.2) is 0 Å². The molecule has 0 fully saturated rings. The Labute approximate surface area is 155 Å². The van der Waals surface area contributed by atoms with Crippen LogP contribution in [-0.4, -0.2) is 5.71 Å². The van der Waals surface area contributed by atoms with Crippen LogP contribution in [-0.2, 0) is 0 Å². The molecule has 0 amide bonds. The predicted molar refractivity (Wildman–Crippen MR) is 111 cm³/mol. The molecule has 1 heterocycles. The number of benzene rings is 3. The van der Waals surface area contributed by atoms with Crippen molar-refractivity contribution in [3.63, 3.8) is 0 Å². The molecule has 3 aromatic rings. The molecule has 1 unspecified atom stereocenters. The highest BCUT2D eigenvalue weighted by molar-refractivity contribution is 6.15. The third-order valence-electron chi connectivity index (χ3n) is 5.13. The fraction of sp³-hybridized carbons (Fsp3) is 0.160. The summed E-state index contributed by atoms with van der Waals surface area (Å²) in [6.45, 7) is 6.61. The molecule has 1 atom stereocenters. The highest BCUT2D eigenvalue weighted by Gasteiger charge is 2.31. The summed E-state index contributed by atoms with van der Waals surface area (Å²) >= 11 is 0. The summed E-state index contributed by atoms with van der Waals surface area (Å²) in [4.78, 5) is 4.88. The van der Waals surface area contributed by atoms with Crippen LogP contribution in [0.25, 0.3) is 5.57 Å². The van der Waals surface area contributed by atoms with Gasteiger partial charge in [0.05, 0.1) is 11.6 Å². The Hall–Kier alpha value is -2.93. The van der Waals surface area contributed by atoms with Gasteiger partial charge in [0.2, 0.25) is 0 Å². The normalized spacial score (nSPS) is 16.3. The van der Waals surface area contributed by atoms with Crippen LogP contribution in [0.3, 0.4) is 0 Å². The molecule has 3 aromatic carbocycles. The van der Waals surface area contributed by atoms with Crippen LogP contribution in [0.15, 0.2) is 84.0 Å². The molecular weight excluding hydrogens is 314 g/mol. The number of aliphatic imine (C=N–C) groups is 1. The Morgan fingerprint density at radius 3 is 1.81 bits per heavy atom. The summed E-state index contributed by atoms with van der Waals surface area (Å²) in [5.74, 6) is 0.167. The van der Waals surface area contributed by atoms with E-state index < -0.39 is 0 Å². The Morgan fingerprint density at radius 1 is 0.692 bits per heavy atom. The van der Waals surface area contributed by atoms with Crippen molar-refractivity contribution in [2.45, 2.75) is 26.7 Å². The van der Waals surface area contributed by atoms with Crippen molar-refractivity contribution in [1.82, 2.24) is 0 Å². The van der Waals surface area contributed by atoms with Gasteiger partial charge in [-0.25, -0.2) is 0 Å². The van der Waals surface area contributed by atoms with Gasteiger partial charge in [-0.1, -0.05) is 78.4 Å². The first-order valence-electron chi connectivity index (χ1n) is 9.11. The van der Waals surface area contributed by atoms with Crippen molar-refractivity contribution >= 4 is 11.3 Å². The van der Waals surface area contributed by atoms with Crippen molar-refractivity contribution in [2.24, 2.45) is 4.99 Å². The number of allylic oxidation sites excluding steroid dienone is 1. The van der Waals surface area contributed by atoms with Crippen molar-refractivity contribution in [2.75, 3.05) is 0 Å². The minimum absolute atomic E-state index is 0.167. The van der Waals surface area contributed by atoms with Crippen LogP contribution in [0.5, 0.6) is 0 Å². The molecule has 0 saturated carbocycles. The molecule has 26 heavy (non-hydrogen) atoms. The Balaban J connectivity index is 1.90. The van der Waals surface area contributed by atoms with Crippen molar-refractivity contribution in [3.8, 4) is 0 Å². The van der Waals surface area contributed by atoms with E-state index in [0.29, 0.717) is 0 Å². The summed E-state index contributed by atoms with van der Waals surface area (Å²) in [7, 11) is 0. The van der Waals surface area contributed by atoms with Crippen LogP contribution in [0.1, 0.15) is 39.3 Å². The van der Waals surface area contributed by atoms with Gasteiger partial charge in [-0.3, -0.25) is 4.99 Å². The lowest BCUT2D eigenvalue weighted by Gasteiger charge is -2.23. The summed E-state index contributed by atoms with van der Waals surface area (Å²) in [6.07, 6.45) is 2.06. The molecule has 0 N–H and O–H groups in total. The molecule has 0 saturated heterocycles. The minimum Gasteiger partial charge on any atom is -0.259 e. The lowest BCUT2D eigenvalue weighted by molar-refractivity contribution is 1.10. The highest BCUT2D eigenvalue weighted by Crippen LogP contribution is 2.42. The summed E-state index contributed by atoms with van der Waals surface area (Å²) in [6, 6.07) is 25.7. The van der Waals surface area contributed by atoms with E-state index in [1.165, 1.54) is 39.0 Å². The zero-order valence-corrected chi connectivity index (χ0v) is 15.5. The maximum Gasteiger partial charge on any atom is 0.0595 e.